The summed E-state index contributed by atoms with van der Waals surface area (Å²) >= 11 is 0. The number of hydrogen-bond donors (Lipinski definition) is 2. The summed E-state index contributed by atoms with van der Waals surface area (Å²) in [7, 11) is -4.09. The molecular formula is C15H17F3N2O4S. The Morgan fingerprint density at radius 1 is 1.40 bits per heavy atom. The molecular weight excluding hydrogens is 361 g/mol. The number of alkyl halides is 3. The van der Waals surface area contributed by atoms with E-state index >= 15 is 0 Å². The molecule has 1 heterocycles. The molecule has 10 heteroatoms. The smallest absolute Gasteiger partial charge is 0.393 e. The molecule has 25 heavy (non-hydrogen) atoms. The van der Waals surface area contributed by atoms with E-state index in [2.05, 4.69) is 0 Å². The molecule has 1 unspecified atom stereocenters. The number of benzene rings is 1. The Morgan fingerprint density at radius 3 is 2.56 bits per heavy atom. The van der Waals surface area contributed by atoms with Crippen LogP contribution < -0.4 is 4.31 Å². The Balaban J connectivity index is 2.39. The number of halogens is 3. The Hall–Kier alpha value is -1.83. The number of aliphatic hydroxyl groups is 2. The van der Waals surface area contributed by atoms with Crippen LogP contribution in [-0.4, -0.2) is 42.6 Å². The van der Waals surface area contributed by atoms with Gasteiger partial charge < -0.3 is 10.2 Å². The summed E-state index contributed by atoms with van der Waals surface area (Å²) in [6.07, 6.45) is -7.16. The molecule has 1 aliphatic rings. The van der Waals surface area contributed by atoms with Crippen molar-refractivity contribution in [3.8, 4) is 6.07 Å². The highest BCUT2D eigenvalue weighted by Gasteiger charge is 2.44. The highest BCUT2D eigenvalue weighted by atomic mass is 32.2. The highest BCUT2D eigenvalue weighted by Crippen LogP contribution is 2.37. The van der Waals surface area contributed by atoms with Crippen LogP contribution >= 0.6 is 0 Å². The summed E-state index contributed by atoms with van der Waals surface area (Å²) < 4.78 is 65.1. The van der Waals surface area contributed by atoms with Gasteiger partial charge in [-0.2, -0.15) is 18.4 Å². The molecule has 1 aromatic carbocycles. The van der Waals surface area contributed by atoms with Crippen LogP contribution in [0.2, 0.25) is 0 Å². The van der Waals surface area contributed by atoms with Crippen LogP contribution in [0.3, 0.4) is 0 Å². The molecule has 0 spiro atoms. The number of hydrogen-bond acceptors (Lipinski definition) is 5. The lowest BCUT2D eigenvalue weighted by molar-refractivity contribution is -0.137. The first kappa shape index (κ1) is 19.5. The van der Waals surface area contributed by atoms with Crippen LogP contribution in [0.25, 0.3) is 0 Å². The van der Waals surface area contributed by atoms with Gasteiger partial charge in [-0.1, -0.05) is 0 Å². The lowest BCUT2D eigenvalue weighted by Crippen LogP contribution is -2.37. The van der Waals surface area contributed by atoms with E-state index in [0.29, 0.717) is 6.07 Å². The third-order valence-corrected chi connectivity index (χ3v) is 6.36. The second kappa shape index (κ2) is 6.82. The minimum Gasteiger partial charge on any atom is -0.393 e. The predicted octanol–water partition coefficient (Wildman–Crippen LogP) is 1.62. The first-order valence-electron chi connectivity index (χ1n) is 7.47. The minimum atomic E-state index is -4.80. The zero-order chi connectivity index (χ0) is 19.0. The number of sulfonamides is 1. The average Bonchev–Trinajstić information content (AvgIpc) is 2.80. The van der Waals surface area contributed by atoms with Crippen molar-refractivity contribution in [2.45, 2.75) is 43.4 Å². The van der Waals surface area contributed by atoms with Gasteiger partial charge in [0.25, 0.3) is 0 Å². The van der Waals surface area contributed by atoms with E-state index in [1.54, 1.807) is 0 Å². The van der Waals surface area contributed by atoms with Crippen LogP contribution in [0.5, 0.6) is 0 Å². The van der Waals surface area contributed by atoms with E-state index in [9.17, 15) is 31.8 Å². The monoisotopic (exact) mass is 378 g/mol. The Morgan fingerprint density at radius 2 is 2.04 bits per heavy atom. The van der Waals surface area contributed by atoms with Gasteiger partial charge >= 0.3 is 6.18 Å². The minimum absolute atomic E-state index is 0.0254. The van der Waals surface area contributed by atoms with Crippen molar-refractivity contribution in [1.29, 1.82) is 5.26 Å². The summed E-state index contributed by atoms with van der Waals surface area (Å²) in [5.41, 5.74) is -2.02. The van der Waals surface area contributed by atoms with Gasteiger partial charge in [0, 0.05) is 13.0 Å². The first-order valence-corrected chi connectivity index (χ1v) is 8.98. The normalized spacial score (nSPS) is 22.4. The fourth-order valence-electron chi connectivity index (χ4n) is 2.87. The second-order valence-electron chi connectivity index (χ2n) is 5.94. The van der Waals surface area contributed by atoms with Gasteiger partial charge in [-0.05, 0) is 31.5 Å². The summed E-state index contributed by atoms with van der Waals surface area (Å²) in [6.45, 7) is 1.31. The molecule has 1 saturated heterocycles. The molecule has 138 valence electrons. The molecule has 1 aromatic rings. The van der Waals surface area contributed by atoms with E-state index < -0.39 is 44.8 Å². The number of nitriles is 1. The van der Waals surface area contributed by atoms with Crippen molar-refractivity contribution in [1.82, 2.24) is 0 Å². The fraction of sp³-hybridized carbons (Fsp3) is 0.533. The van der Waals surface area contributed by atoms with Crippen LogP contribution in [0.4, 0.5) is 18.9 Å². The van der Waals surface area contributed by atoms with Crippen molar-refractivity contribution in [2.24, 2.45) is 0 Å². The number of anilines is 1. The zero-order valence-corrected chi connectivity index (χ0v) is 14.0. The molecule has 6 nitrogen and oxygen atoms in total. The Kier molecular flexibility index (Phi) is 5.32. The quantitative estimate of drug-likeness (QED) is 0.829. The topological polar surface area (TPSA) is 102 Å². The Bertz CT molecular complexity index is 787. The zero-order valence-electron chi connectivity index (χ0n) is 13.2. The van der Waals surface area contributed by atoms with Crippen LogP contribution in [0.1, 0.15) is 30.9 Å². The number of nitrogens with zero attached hydrogens (tertiary/aromatic N) is 2. The van der Waals surface area contributed by atoms with Gasteiger partial charge in [0.2, 0.25) is 10.0 Å². The van der Waals surface area contributed by atoms with E-state index in [1.807, 2.05) is 0 Å². The van der Waals surface area contributed by atoms with Crippen molar-refractivity contribution >= 4 is 15.7 Å². The molecule has 0 aromatic heterocycles. The van der Waals surface area contributed by atoms with Crippen molar-refractivity contribution in [3.63, 3.8) is 0 Å². The van der Waals surface area contributed by atoms with Gasteiger partial charge in [0.05, 0.1) is 35.1 Å². The van der Waals surface area contributed by atoms with Crippen molar-refractivity contribution in [3.05, 3.63) is 29.3 Å². The van der Waals surface area contributed by atoms with Gasteiger partial charge in [-0.25, -0.2) is 8.42 Å². The van der Waals surface area contributed by atoms with E-state index in [-0.39, 0.29) is 25.1 Å². The predicted molar refractivity (Wildman–Crippen MR) is 83.1 cm³/mol. The maximum absolute atomic E-state index is 13.1. The second-order valence-corrected chi connectivity index (χ2v) is 8.01. The van der Waals surface area contributed by atoms with E-state index in [4.69, 9.17) is 5.26 Å². The number of aliphatic hydroxyl groups excluding tert-OH is 2. The van der Waals surface area contributed by atoms with Gasteiger partial charge in [-0.15, -0.1) is 0 Å². The van der Waals surface area contributed by atoms with Gasteiger partial charge in [0.1, 0.15) is 5.25 Å². The van der Waals surface area contributed by atoms with Crippen molar-refractivity contribution < 1.29 is 31.8 Å². The fourth-order valence-corrected chi connectivity index (χ4v) is 4.88. The Labute approximate surface area is 143 Å². The summed E-state index contributed by atoms with van der Waals surface area (Å²) in [5.74, 6) is 0. The molecule has 2 N–H and O–H groups in total. The molecule has 2 rings (SSSR count). The van der Waals surface area contributed by atoms with Crippen LogP contribution in [0, 0.1) is 11.3 Å². The lowest BCUT2D eigenvalue weighted by Gasteiger charge is -2.23. The van der Waals surface area contributed by atoms with Crippen molar-refractivity contribution in [2.75, 3.05) is 10.8 Å². The van der Waals surface area contributed by atoms with Gasteiger partial charge in [-0.3, -0.25) is 4.31 Å². The third-order valence-electron chi connectivity index (χ3n) is 4.04. The molecule has 3 atom stereocenters. The maximum atomic E-state index is 13.1. The summed E-state index contributed by atoms with van der Waals surface area (Å²) in [6, 6.07) is 4.12. The molecule has 0 amide bonds. The first-order chi connectivity index (χ1) is 11.5. The highest BCUT2D eigenvalue weighted by molar-refractivity contribution is 7.93. The lowest BCUT2D eigenvalue weighted by atomic mass is 10.1. The molecule has 0 aliphatic carbocycles. The molecule has 0 bridgehead atoms. The van der Waals surface area contributed by atoms with Crippen LogP contribution in [-0.2, 0) is 16.2 Å². The van der Waals surface area contributed by atoms with E-state index in [0.717, 1.165) is 16.4 Å². The van der Waals surface area contributed by atoms with E-state index in [1.165, 1.54) is 13.0 Å². The maximum Gasteiger partial charge on any atom is 0.417 e. The van der Waals surface area contributed by atoms with Gasteiger partial charge in [0.15, 0.2) is 0 Å². The standard InChI is InChI=1S/C15H17F3N2O4S/c1-9(21)6-13(22)14-4-5-20(25(14,23)24)11-3-2-10(8-19)12(7-11)15(16,17)18/h2-3,7,9,13-14,21-22H,4-6H2,1H3/t9-,13+,14?/m0/s1. The molecule has 1 fully saturated rings. The molecule has 0 saturated carbocycles. The SMILES string of the molecule is C[C@H](O)C[C@@H](O)C1CCN(c2ccc(C#N)c(C(F)(F)F)c2)S1(=O)=O. The molecule has 0 radical (unpaired) electrons. The summed E-state index contributed by atoms with van der Waals surface area (Å²) in [5, 5.41) is 26.9. The largest absolute Gasteiger partial charge is 0.417 e. The third kappa shape index (κ3) is 3.89. The van der Waals surface area contributed by atoms with Crippen LogP contribution in [0.15, 0.2) is 18.2 Å². The average molecular weight is 378 g/mol. The molecule has 1 aliphatic heterocycles. The summed E-state index contributed by atoms with van der Waals surface area (Å²) in [4.78, 5) is 0. The number of rotatable bonds is 4.